The molecule has 0 aliphatic carbocycles. The van der Waals surface area contributed by atoms with E-state index in [1.807, 2.05) is 61.3 Å². The number of amides is 1. The van der Waals surface area contributed by atoms with Gasteiger partial charge in [-0.3, -0.25) is 9.69 Å². The molecule has 1 saturated heterocycles. The smallest absolute Gasteiger partial charge is 0.326 e. The molecule has 0 bridgehead atoms. The van der Waals surface area contributed by atoms with Gasteiger partial charge in [0, 0.05) is 31.3 Å². The van der Waals surface area contributed by atoms with Crippen LogP contribution in [0.25, 0.3) is 11.1 Å². The minimum atomic E-state index is -1.06. The van der Waals surface area contributed by atoms with Crippen LogP contribution in [0.5, 0.6) is 0 Å². The molecule has 1 heterocycles. The second-order valence-electron chi connectivity index (χ2n) is 10.8. The molecule has 0 aromatic heterocycles. The summed E-state index contributed by atoms with van der Waals surface area (Å²) in [6.45, 7) is 3.72. The first-order valence-corrected chi connectivity index (χ1v) is 16.7. The second kappa shape index (κ2) is 15.5. The number of carboxylic acids is 1. The molecule has 1 fully saturated rings. The van der Waals surface area contributed by atoms with Crippen LogP contribution in [0.1, 0.15) is 46.3 Å². The van der Waals surface area contributed by atoms with Gasteiger partial charge in [0.15, 0.2) is 0 Å². The van der Waals surface area contributed by atoms with Crippen molar-refractivity contribution in [2.45, 2.75) is 45.3 Å². The lowest BCUT2D eigenvalue weighted by molar-refractivity contribution is -0.139. The van der Waals surface area contributed by atoms with Crippen molar-refractivity contribution in [3.63, 3.8) is 0 Å². The number of aryl methyl sites for hydroxylation is 1. The van der Waals surface area contributed by atoms with Crippen LogP contribution in [0, 0.1) is 24.5 Å². The maximum absolute atomic E-state index is 14.0. The minimum Gasteiger partial charge on any atom is -0.480 e. The molecule has 4 rings (SSSR count). The molecule has 1 aliphatic heterocycles. The van der Waals surface area contributed by atoms with Crippen LogP contribution >= 0.6 is 23.5 Å². The van der Waals surface area contributed by atoms with Gasteiger partial charge in [-0.05, 0) is 108 Å². The van der Waals surface area contributed by atoms with Gasteiger partial charge < -0.3 is 10.4 Å². The standard InChI is InChI=1S/C33H38F2N2O3S2/c1-22-5-3-4-6-28(22)30-17-24(7-8-29(30)32(38)36-31(33(39)40)11-12-41-2)20-37(19-23-9-13-42-14-10-23)21-25-15-26(34)18-27(35)16-25/h3-8,15-18,23,31H,9-14,19-21H2,1-2H3,(H,36,38)(H,39,40)/t31-/m0/s1. The molecule has 1 amide bonds. The van der Waals surface area contributed by atoms with E-state index in [0.29, 0.717) is 42.3 Å². The SMILES string of the molecule is CSCC[C@H](NC(=O)c1ccc(CN(Cc2cc(F)cc(F)c2)CC2CCSCC2)cc1-c1ccccc1C)C(=O)O. The predicted molar refractivity (Wildman–Crippen MR) is 169 cm³/mol. The first-order valence-electron chi connectivity index (χ1n) is 14.2. The molecule has 3 aromatic carbocycles. The molecule has 1 aliphatic rings. The number of carbonyl (C=O) groups excluding carboxylic acids is 1. The fourth-order valence-corrected chi connectivity index (χ4v) is 7.09. The maximum Gasteiger partial charge on any atom is 0.326 e. The van der Waals surface area contributed by atoms with Gasteiger partial charge >= 0.3 is 5.97 Å². The van der Waals surface area contributed by atoms with E-state index in [1.165, 1.54) is 23.9 Å². The Hall–Kier alpha value is -2.88. The van der Waals surface area contributed by atoms with Gasteiger partial charge in [0.05, 0.1) is 0 Å². The Labute approximate surface area is 255 Å². The average molecular weight is 613 g/mol. The lowest BCUT2D eigenvalue weighted by Crippen LogP contribution is -2.41. The Kier molecular flexibility index (Phi) is 11.9. The predicted octanol–water partition coefficient (Wildman–Crippen LogP) is 7.02. The number of benzene rings is 3. The first-order chi connectivity index (χ1) is 20.2. The molecule has 224 valence electrons. The third kappa shape index (κ3) is 9.06. The number of carbonyl (C=O) groups is 2. The third-order valence-corrected chi connectivity index (χ3v) is 9.26. The second-order valence-corrected chi connectivity index (χ2v) is 13.1. The van der Waals surface area contributed by atoms with Crippen LogP contribution in [0.4, 0.5) is 8.78 Å². The van der Waals surface area contributed by atoms with Crippen molar-refractivity contribution in [1.29, 1.82) is 0 Å². The summed E-state index contributed by atoms with van der Waals surface area (Å²) in [5.41, 5.74) is 4.56. The summed E-state index contributed by atoms with van der Waals surface area (Å²) >= 11 is 3.49. The highest BCUT2D eigenvalue weighted by Crippen LogP contribution is 2.30. The molecule has 9 heteroatoms. The first kappa shape index (κ1) is 32.0. The fraction of sp³-hybridized carbons (Fsp3) is 0.394. The number of nitrogens with one attached hydrogen (secondary N) is 1. The van der Waals surface area contributed by atoms with Crippen LogP contribution in [-0.4, -0.2) is 58.0 Å². The molecule has 1 atom stereocenters. The van der Waals surface area contributed by atoms with Crippen LogP contribution in [0.3, 0.4) is 0 Å². The highest BCUT2D eigenvalue weighted by atomic mass is 32.2. The maximum atomic E-state index is 14.0. The summed E-state index contributed by atoms with van der Waals surface area (Å²) in [7, 11) is 0. The topological polar surface area (TPSA) is 69.6 Å². The summed E-state index contributed by atoms with van der Waals surface area (Å²) in [5.74, 6) is 0.676. The number of nitrogens with zero attached hydrogens (tertiary/aromatic N) is 1. The van der Waals surface area contributed by atoms with E-state index in [0.717, 1.165) is 59.2 Å². The van der Waals surface area contributed by atoms with Gasteiger partial charge in [0.2, 0.25) is 0 Å². The van der Waals surface area contributed by atoms with E-state index in [1.54, 1.807) is 6.07 Å². The van der Waals surface area contributed by atoms with Crippen molar-refractivity contribution >= 4 is 35.4 Å². The summed E-state index contributed by atoms with van der Waals surface area (Å²) in [6.07, 6.45) is 4.44. The molecular formula is C33H38F2N2O3S2. The Morgan fingerprint density at radius 2 is 1.69 bits per heavy atom. The Balaban J connectivity index is 1.66. The molecular weight excluding hydrogens is 575 g/mol. The van der Waals surface area contributed by atoms with E-state index in [-0.39, 0.29) is 0 Å². The molecule has 0 unspecified atom stereocenters. The van der Waals surface area contributed by atoms with Gasteiger partial charge in [-0.25, -0.2) is 13.6 Å². The zero-order chi connectivity index (χ0) is 30.1. The summed E-state index contributed by atoms with van der Waals surface area (Å²) in [6, 6.07) is 16.1. The number of rotatable bonds is 13. The van der Waals surface area contributed by atoms with Crippen molar-refractivity contribution in [1.82, 2.24) is 10.2 Å². The number of carboxylic acid groups (broad SMARTS) is 1. The molecule has 0 saturated carbocycles. The molecule has 5 nitrogen and oxygen atoms in total. The van der Waals surface area contributed by atoms with Crippen molar-refractivity contribution in [2.75, 3.05) is 30.1 Å². The summed E-state index contributed by atoms with van der Waals surface area (Å²) in [5, 5.41) is 12.4. The summed E-state index contributed by atoms with van der Waals surface area (Å²) in [4.78, 5) is 27.5. The van der Waals surface area contributed by atoms with Gasteiger partial charge in [0.25, 0.3) is 5.91 Å². The zero-order valence-electron chi connectivity index (χ0n) is 24.1. The number of thioether (sulfide) groups is 2. The number of halogens is 2. The summed E-state index contributed by atoms with van der Waals surface area (Å²) < 4.78 is 28.1. The van der Waals surface area contributed by atoms with Gasteiger partial charge in [-0.15, -0.1) is 0 Å². The highest BCUT2D eigenvalue weighted by Gasteiger charge is 2.24. The van der Waals surface area contributed by atoms with E-state index >= 15 is 0 Å². The van der Waals surface area contributed by atoms with Crippen molar-refractivity contribution in [3.05, 3.63) is 94.6 Å². The van der Waals surface area contributed by atoms with Crippen molar-refractivity contribution in [2.24, 2.45) is 5.92 Å². The number of hydrogen-bond acceptors (Lipinski definition) is 5. The van der Waals surface area contributed by atoms with E-state index < -0.39 is 29.6 Å². The lowest BCUT2D eigenvalue weighted by Gasteiger charge is -2.30. The van der Waals surface area contributed by atoms with Gasteiger partial charge in [0.1, 0.15) is 17.7 Å². The highest BCUT2D eigenvalue weighted by molar-refractivity contribution is 7.99. The monoisotopic (exact) mass is 612 g/mol. The van der Waals surface area contributed by atoms with Crippen LogP contribution in [0.2, 0.25) is 0 Å². The Morgan fingerprint density at radius 3 is 2.36 bits per heavy atom. The minimum absolute atomic E-state index is 0.329. The van der Waals surface area contributed by atoms with Gasteiger partial charge in [-0.2, -0.15) is 23.5 Å². The van der Waals surface area contributed by atoms with E-state index in [2.05, 4.69) is 10.2 Å². The van der Waals surface area contributed by atoms with Crippen LogP contribution in [0.15, 0.2) is 60.7 Å². The third-order valence-electron chi connectivity index (χ3n) is 7.57. The molecule has 3 aromatic rings. The van der Waals surface area contributed by atoms with Crippen molar-refractivity contribution in [3.8, 4) is 11.1 Å². The molecule has 2 N–H and O–H groups in total. The van der Waals surface area contributed by atoms with Gasteiger partial charge in [-0.1, -0.05) is 30.3 Å². The molecule has 42 heavy (non-hydrogen) atoms. The Morgan fingerprint density at radius 1 is 1.00 bits per heavy atom. The van der Waals surface area contributed by atoms with E-state index in [9.17, 15) is 23.5 Å². The van der Waals surface area contributed by atoms with Crippen LogP contribution < -0.4 is 5.32 Å². The Bertz CT molecular complexity index is 1360. The van der Waals surface area contributed by atoms with E-state index in [4.69, 9.17) is 0 Å². The number of aliphatic carboxylic acids is 1. The lowest BCUT2D eigenvalue weighted by atomic mass is 9.93. The fourth-order valence-electron chi connectivity index (χ4n) is 5.41. The van der Waals surface area contributed by atoms with Crippen LogP contribution in [-0.2, 0) is 17.9 Å². The zero-order valence-corrected chi connectivity index (χ0v) is 25.7. The average Bonchev–Trinajstić information content (AvgIpc) is 2.95. The van der Waals surface area contributed by atoms with Crippen molar-refractivity contribution < 1.29 is 23.5 Å². The molecule has 0 spiro atoms. The normalized spacial score (nSPS) is 14.6. The quantitative estimate of drug-likeness (QED) is 0.216. The largest absolute Gasteiger partial charge is 0.480 e. The molecule has 0 radical (unpaired) electrons. The number of hydrogen-bond donors (Lipinski definition) is 2.